The number of likely N-dealkylation sites (tertiary alicyclic amines) is 1. The van der Waals surface area contributed by atoms with Gasteiger partial charge in [-0.25, -0.2) is 0 Å². The monoisotopic (exact) mass is 396 g/mol. The van der Waals surface area contributed by atoms with Crippen molar-refractivity contribution in [3.8, 4) is 0 Å². The molecule has 2 N–H and O–H groups in total. The van der Waals surface area contributed by atoms with E-state index in [-0.39, 0.29) is 29.5 Å². The second-order valence-corrected chi connectivity index (χ2v) is 6.52. The largest absolute Gasteiger partial charge is 0.357 e. The minimum absolute atomic E-state index is 0. The Morgan fingerprint density at radius 1 is 1.30 bits per heavy atom. The van der Waals surface area contributed by atoms with Gasteiger partial charge in [0.15, 0.2) is 5.96 Å². The van der Waals surface area contributed by atoms with Crippen molar-refractivity contribution < 1.29 is 0 Å². The molecule has 120 valence electrons. The van der Waals surface area contributed by atoms with Crippen LogP contribution in [0.3, 0.4) is 0 Å². The summed E-state index contributed by atoms with van der Waals surface area (Å²) in [5.74, 6) is 0.930. The van der Waals surface area contributed by atoms with Crippen LogP contribution >= 0.6 is 24.0 Å². The van der Waals surface area contributed by atoms with Gasteiger partial charge in [0, 0.05) is 24.7 Å². The molecule has 0 aromatic carbocycles. The van der Waals surface area contributed by atoms with Gasteiger partial charge in [-0.2, -0.15) is 0 Å². The number of piperidine rings is 1. The van der Waals surface area contributed by atoms with E-state index in [0.29, 0.717) is 0 Å². The molecule has 0 aliphatic carbocycles. The molecule has 0 aromatic rings. The molecule has 0 aromatic heterocycles. The Bertz CT molecular complexity index is 286. The van der Waals surface area contributed by atoms with Gasteiger partial charge >= 0.3 is 0 Å². The third-order valence-corrected chi connectivity index (χ3v) is 3.44. The van der Waals surface area contributed by atoms with Crippen LogP contribution in [0.2, 0.25) is 0 Å². The van der Waals surface area contributed by atoms with E-state index in [4.69, 9.17) is 0 Å². The van der Waals surface area contributed by atoms with E-state index < -0.39 is 0 Å². The van der Waals surface area contributed by atoms with Gasteiger partial charge in [0.05, 0.1) is 6.54 Å². The Kier molecular flexibility index (Phi) is 9.80. The fraction of sp³-hybridized carbons (Fsp3) is 0.933. The van der Waals surface area contributed by atoms with Gasteiger partial charge in [0.2, 0.25) is 0 Å². The average Bonchev–Trinajstić information content (AvgIpc) is 2.30. The maximum atomic E-state index is 4.68. The summed E-state index contributed by atoms with van der Waals surface area (Å²) in [6.07, 6.45) is 4.06. The summed E-state index contributed by atoms with van der Waals surface area (Å²) in [5.41, 5.74) is 0.0550. The highest BCUT2D eigenvalue weighted by Gasteiger charge is 2.17. The van der Waals surface area contributed by atoms with Crippen LogP contribution in [0, 0.1) is 0 Å². The Morgan fingerprint density at radius 3 is 2.55 bits per heavy atom. The van der Waals surface area contributed by atoms with Crippen molar-refractivity contribution in [2.75, 3.05) is 26.2 Å². The van der Waals surface area contributed by atoms with Crippen LogP contribution in [0.25, 0.3) is 0 Å². The van der Waals surface area contributed by atoms with Crippen molar-refractivity contribution in [3.05, 3.63) is 0 Å². The number of hydrogen-bond donors (Lipinski definition) is 2. The molecule has 1 aliphatic heterocycles. The summed E-state index contributed by atoms with van der Waals surface area (Å²) < 4.78 is 0. The molecule has 0 bridgehead atoms. The molecular formula is C15H33IN4. The number of nitrogens with one attached hydrogen (secondary N) is 2. The molecule has 4 nitrogen and oxygen atoms in total. The number of rotatable bonds is 4. The first-order valence-electron chi connectivity index (χ1n) is 7.73. The minimum atomic E-state index is 0. The standard InChI is InChI=1S/C15H32N4.HI/c1-6-16-14(18-15(3,4)5)17-10-12-19-11-8-7-9-13(19)2;/h13H,6-12H2,1-5H3,(H2,16,17,18);1H. The lowest BCUT2D eigenvalue weighted by atomic mass is 10.0. The van der Waals surface area contributed by atoms with Gasteiger partial charge in [-0.05, 0) is 54.0 Å². The fourth-order valence-corrected chi connectivity index (χ4v) is 2.44. The predicted octanol–water partition coefficient (Wildman–Crippen LogP) is 2.83. The Hall–Kier alpha value is -0.0400. The SMILES string of the molecule is CCNC(=NCCN1CCCCC1C)NC(C)(C)C.I. The molecule has 5 heteroatoms. The predicted molar refractivity (Wildman–Crippen MR) is 99.2 cm³/mol. The molecule has 1 rings (SSSR count). The lowest BCUT2D eigenvalue weighted by Crippen LogP contribution is -2.48. The number of guanidine groups is 1. The van der Waals surface area contributed by atoms with Crippen molar-refractivity contribution >= 4 is 29.9 Å². The lowest BCUT2D eigenvalue weighted by Gasteiger charge is -2.32. The fourth-order valence-electron chi connectivity index (χ4n) is 2.44. The summed E-state index contributed by atoms with van der Waals surface area (Å²) >= 11 is 0. The molecule has 0 amide bonds. The van der Waals surface area contributed by atoms with Crippen molar-refractivity contribution in [1.29, 1.82) is 0 Å². The van der Waals surface area contributed by atoms with Gasteiger partial charge < -0.3 is 10.6 Å². The molecule has 1 atom stereocenters. The molecule has 20 heavy (non-hydrogen) atoms. The van der Waals surface area contributed by atoms with Gasteiger partial charge in [0.1, 0.15) is 0 Å². The molecule has 0 radical (unpaired) electrons. The first-order chi connectivity index (χ1) is 8.92. The van der Waals surface area contributed by atoms with E-state index >= 15 is 0 Å². The number of halogens is 1. The second kappa shape index (κ2) is 9.82. The summed E-state index contributed by atoms with van der Waals surface area (Å²) in [5, 5.41) is 6.73. The first kappa shape index (κ1) is 20.0. The zero-order valence-corrected chi connectivity index (χ0v) is 16.2. The maximum absolute atomic E-state index is 4.68. The smallest absolute Gasteiger partial charge is 0.191 e. The summed E-state index contributed by atoms with van der Waals surface area (Å²) in [6.45, 7) is 15.0. The maximum Gasteiger partial charge on any atom is 0.191 e. The molecular weight excluding hydrogens is 363 g/mol. The normalized spacial score (nSPS) is 21.2. The zero-order chi connectivity index (χ0) is 14.3. The van der Waals surface area contributed by atoms with Gasteiger partial charge in [-0.3, -0.25) is 9.89 Å². The van der Waals surface area contributed by atoms with Crippen molar-refractivity contribution in [2.45, 2.75) is 65.5 Å². The molecule has 1 heterocycles. The minimum Gasteiger partial charge on any atom is -0.357 e. The van der Waals surface area contributed by atoms with E-state index in [1.807, 2.05) is 0 Å². The Labute approximate surface area is 142 Å². The van der Waals surface area contributed by atoms with Crippen LogP contribution < -0.4 is 10.6 Å². The molecule has 1 fully saturated rings. The van der Waals surface area contributed by atoms with Crippen molar-refractivity contribution in [2.24, 2.45) is 4.99 Å². The third kappa shape index (κ3) is 8.29. The van der Waals surface area contributed by atoms with Crippen molar-refractivity contribution in [3.63, 3.8) is 0 Å². The molecule has 1 aliphatic rings. The number of hydrogen-bond acceptors (Lipinski definition) is 2. The van der Waals surface area contributed by atoms with Crippen LogP contribution in [0.15, 0.2) is 4.99 Å². The Morgan fingerprint density at radius 2 is 2.00 bits per heavy atom. The summed E-state index contributed by atoms with van der Waals surface area (Å²) in [4.78, 5) is 7.24. The topological polar surface area (TPSA) is 39.7 Å². The summed E-state index contributed by atoms with van der Waals surface area (Å²) in [7, 11) is 0. The van der Waals surface area contributed by atoms with Crippen molar-refractivity contribution in [1.82, 2.24) is 15.5 Å². The van der Waals surface area contributed by atoms with E-state index in [9.17, 15) is 0 Å². The average molecular weight is 396 g/mol. The van der Waals surface area contributed by atoms with E-state index in [1.54, 1.807) is 0 Å². The lowest BCUT2D eigenvalue weighted by molar-refractivity contribution is 0.165. The molecule has 0 saturated carbocycles. The van der Waals surface area contributed by atoms with E-state index in [1.165, 1.54) is 25.8 Å². The Balaban J connectivity index is 0.00000361. The van der Waals surface area contributed by atoms with E-state index in [0.717, 1.165) is 31.6 Å². The zero-order valence-electron chi connectivity index (χ0n) is 13.8. The highest BCUT2D eigenvalue weighted by Crippen LogP contribution is 2.15. The number of nitrogens with zero attached hydrogens (tertiary/aromatic N) is 2. The molecule has 1 saturated heterocycles. The van der Waals surface area contributed by atoms with Crippen LogP contribution in [0.5, 0.6) is 0 Å². The van der Waals surface area contributed by atoms with Crippen LogP contribution in [0.1, 0.15) is 53.9 Å². The third-order valence-electron chi connectivity index (χ3n) is 3.44. The quantitative estimate of drug-likeness (QED) is 0.436. The van der Waals surface area contributed by atoms with Crippen LogP contribution in [0.4, 0.5) is 0 Å². The first-order valence-corrected chi connectivity index (χ1v) is 7.73. The van der Waals surface area contributed by atoms with Gasteiger partial charge in [-0.15, -0.1) is 24.0 Å². The van der Waals surface area contributed by atoms with Gasteiger partial charge in [0.25, 0.3) is 0 Å². The highest BCUT2D eigenvalue weighted by atomic mass is 127. The number of aliphatic imine (C=N–C) groups is 1. The van der Waals surface area contributed by atoms with E-state index in [2.05, 4.69) is 55.1 Å². The highest BCUT2D eigenvalue weighted by molar-refractivity contribution is 14.0. The second-order valence-electron chi connectivity index (χ2n) is 6.52. The molecule has 1 unspecified atom stereocenters. The van der Waals surface area contributed by atoms with Crippen LogP contribution in [-0.2, 0) is 0 Å². The molecule has 0 spiro atoms. The summed E-state index contributed by atoms with van der Waals surface area (Å²) in [6, 6.07) is 0.724. The van der Waals surface area contributed by atoms with Crippen LogP contribution in [-0.4, -0.2) is 48.6 Å². The van der Waals surface area contributed by atoms with Gasteiger partial charge in [-0.1, -0.05) is 6.42 Å².